The Balaban J connectivity index is 2.06. The van der Waals surface area contributed by atoms with Crippen LogP contribution >= 0.6 is 11.6 Å². The second kappa shape index (κ2) is 5.17. The summed E-state index contributed by atoms with van der Waals surface area (Å²) in [5.41, 5.74) is 7.10. The zero-order valence-corrected chi connectivity index (χ0v) is 10.3. The van der Waals surface area contributed by atoms with Gasteiger partial charge in [0.2, 0.25) is 0 Å². The predicted molar refractivity (Wildman–Crippen MR) is 63.4 cm³/mol. The molecule has 0 aliphatic carbocycles. The molecule has 0 spiro atoms. The summed E-state index contributed by atoms with van der Waals surface area (Å²) in [6, 6.07) is -0.0851. The van der Waals surface area contributed by atoms with E-state index in [0.29, 0.717) is 5.02 Å². The van der Waals surface area contributed by atoms with Gasteiger partial charge >= 0.3 is 0 Å². The van der Waals surface area contributed by atoms with E-state index in [2.05, 4.69) is 5.10 Å². The topological polar surface area (TPSA) is 53.1 Å². The van der Waals surface area contributed by atoms with E-state index in [0.717, 1.165) is 38.1 Å². The minimum atomic E-state index is -0.0851. The number of rotatable bonds is 4. The smallest absolute Gasteiger partial charge is 0.0834 e. The highest BCUT2D eigenvalue weighted by Crippen LogP contribution is 2.27. The van der Waals surface area contributed by atoms with Crippen LogP contribution < -0.4 is 5.73 Å². The van der Waals surface area contributed by atoms with Crippen LogP contribution in [-0.2, 0) is 11.3 Å². The molecule has 0 amide bonds. The standard InChI is InChI=1S/C11H18ClN3O/c1-2-15-11(9(12)7-14-15)10(13)6-8-4-3-5-16-8/h7-8,10H,2-6,13H2,1H3. The van der Waals surface area contributed by atoms with Crippen LogP contribution in [0.25, 0.3) is 0 Å². The minimum Gasteiger partial charge on any atom is -0.378 e. The van der Waals surface area contributed by atoms with E-state index in [1.165, 1.54) is 0 Å². The summed E-state index contributed by atoms with van der Waals surface area (Å²) >= 11 is 6.10. The van der Waals surface area contributed by atoms with Crippen molar-refractivity contribution < 1.29 is 4.74 Å². The van der Waals surface area contributed by atoms with Crippen molar-refractivity contribution in [1.82, 2.24) is 9.78 Å². The molecule has 4 nitrogen and oxygen atoms in total. The van der Waals surface area contributed by atoms with E-state index in [4.69, 9.17) is 22.1 Å². The van der Waals surface area contributed by atoms with Gasteiger partial charge in [-0.2, -0.15) is 5.10 Å². The largest absolute Gasteiger partial charge is 0.378 e. The van der Waals surface area contributed by atoms with E-state index < -0.39 is 0 Å². The number of nitrogens with two attached hydrogens (primary N) is 1. The van der Waals surface area contributed by atoms with Crippen LogP contribution in [0, 0.1) is 0 Å². The maximum Gasteiger partial charge on any atom is 0.0834 e. The summed E-state index contributed by atoms with van der Waals surface area (Å²) in [5.74, 6) is 0. The first-order chi connectivity index (χ1) is 7.72. The number of aromatic nitrogens is 2. The first-order valence-corrected chi connectivity index (χ1v) is 6.18. The molecule has 1 saturated heterocycles. The zero-order valence-electron chi connectivity index (χ0n) is 9.53. The zero-order chi connectivity index (χ0) is 11.5. The highest BCUT2D eigenvalue weighted by atomic mass is 35.5. The highest BCUT2D eigenvalue weighted by molar-refractivity contribution is 6.31. The molecule has 0 bridgehead atoms. The van der Waals surface area contributed by atoms with Crippen molar-refractivity contribution in [2.24, 2.45) is 5.73 Å². The third-order valence-corrected chi connectivity index (χ3v) is 3.32. The summed E-state index contributed by atoms with van der Waals surface area (Å²) in [7, 11) is 0. The van der Waals surface area contributed by atoms with Crippen molar-refractivity contribution in [1.29, 1.82) is 0 Å². The number of halogens is 1. The van der Waals surface area contributed by atoms with Gasteiger partial charge in [-0.1, -0.05) is 11.6 Å². The second-order valence-corrected chi connectivity index (χ2v) is 4.58. The fraction of sp³-hybridized carbons (Fsp3) is 0.727. The molecule has 2 unspecified atom stereocenters. The van der Waals surface area contributed by atoms with E-state index in [1.807, 2.05) is 11.6 Å². The quantitative estimate of drug-likeness (QED) is 0.882. The summed E-state index contributed by atoms with van der Waals surface area (Å²) < 4.78 is 7.45. The average Bonchev–Trinajstić information content (AvgIpc) is 2.87. The van der Waals surface area contributed by atoms with Crippen LogP contribution in [0.3, 0.4) is 0 Å². The Morgan fingerprint density at radius 1 is 1.75 bits per heavy atom. The van der Waals surface area contributed by atoms with Gasteiger partial charge in [0.1, 0.15) is 0 Å². The maximum atomic E-state index is 6.17. The van der Waals surface area contributed by atoms with Crippen LogP contribution in [-0.4, -0.2) is 22.5 Å². The number of hydrogen-bond donors (Lipinski definition) is 1. The molecular weight excluding hydrogens is 226 g/mol. The van der Waals surface area contributed by atoms with Crippen molar-refractivity contribution in [2.75, 3.05) is 6.61 Å². The van der Waals surface area contributed by atoms with Crippen molar-refractivity contribution in [3.05, 3.63) is 16.9 Å². The summed E-state index contributed by atoms with van der Waals surface area (Å²) in [6.45, 7) is 3.69. The average molecular weight is 244 g/mol. The first-order valence-electron chi connectivity index (χ1n) is 5.80. The Bertz CT molecular complexity index is 347. The predicted octanol–water partition coefficient (Wildman–Crippen LogP) is 2.13. The van der Waals surface area contributed by atoms with E-state index >= 15 is 0 Å². The van der Waals surface area contributed by atoms with Crippen LogP contribution in [0.4, 0.5) is 0 Å². The molecule has 5 heteroatoms. The van der Waals surface area contributed by atoms with Crippen molar-refractivity contribution in [2.45, 2.75) is 44.9 Å². The fourth-order valence-corrected chi connectivity index (χ4v) is 2.50. The van der Waals surface area contributed by atoms with Crippen LogP contribution in [0.2, 0.25) is 5.02 Å². The molecule has 0 aromatic carbocycles. The number of aryl methyl sites for hydroxylation is 1. The molecule has 1 aliphatic rings. The third kappa shape index (κ3) is 2.39. The monoisotopic (exact) mass is 243 g/mol. The van der Waals surface area contributed by atoms with E-state index in [-0.39, 0.29) is 12.1 Å². The molecule has 1 aliphatic heterocycles. The van der Waals surface area contributed by atoms with E-state index in [1.54, 1.807) is 6.20 Å². The van der Waals surface area contributed by atoms with Gasteiger partial charge in [0.05, 0.1) is 29.1 Å². The lowest BCUT2D eigenvalue weighted by Crippen LogP contribution is -2.21. The normalized spacial score (nSPS) is 22.6. The van der Waals surface area contributed by atoms with Gasteiger partial charge < -0.3 is 10.5 Å². The summed E-state index contributed by atoms with van der Waals surface area (Å²) in [6.07, 6.45) is 5.01. The summed E-state index contributed by atoms with van der Waals surface area (Å²) in [5, 5.41) is 4.85. The summed E-state index contributed by atoms with van der Waals surface area (Å²) in [4.78, 5) is 0. The molecule has 2 rings (SSSR count). The first kappa shape index (κ1) is 11.9. The maximum absolute atomic E-state index is 6.17. The van der Waals surface area contributed by atoms with Gasteiger partial charge in [0, 0.05) is 13.2 Å². The SMILES string of the molecule is CCn1ncc(Cl)c1C(N)CC1CCCO1. The van der Waals surface area contributed by atoms with Crippen molar-refractivity contribution >= 4 is 11.6 Å². The second-order valence-electron chi connectivity index (χ2n) is 4.17. The number of nitrogens with zero attached hydrogens (tertiary/aromatic N) is 2. The molecule has 1 aromatic heterocycles. The Hall–Kier alpha value is -0.580. The molecular formula is C11H18ClN3O. The van der Waals surface area contributed by atoms with Crippen molar-refractivity contribution in [3.63, 3.8) is 0 Å². The third-order valence-electron chi connectivity index (χ3n) is 3.02. The number of hydrogen-bond acceptors (Lipinski definition) is 3. The molecule has 1 fully saturated rings. The van der Waals surface area contributed by atoms with Gasteiger partial charge in [0.15, 0.2) is 0 Å². The Morgan fingerprint density at radius 3 is 3.19 bits per heavy atom. The Labute approximate surface area is 101 Å². The Kier molecular flexibility index (Phi) is 3.84. The highest BCUT2D eigenvalue weighted by Gasteiger charge is 2.23. The van der Waals surface area contributed by atoms with Gasteiger partial charge in [-0.05, 0) is 26.2 Å². The lowest BCUT2D eigenvalue weighted by Gasteiger charge is -2.17. The molecule has 2 atom stereocenters. The number of ether oxygens (including phenoxy) is 1. The van der Waals surface area contributed by atoms with Gasteiger partial charge in [-0.3, -0.25) is 4.68 Å². The van der Waals surface area contributed by atoms with Crippen LogP contribution in [0.1, 0.15) is 37.9 Å². The molecule has 90 valence electrons. The van der Waals surface area contributed by atoms with Gasteiger partial charge in [-0.25, -0.2) is 0 Å². The molecule has 2 N–H and O–H groups in total. The molecule has 1 aromatic rings. The molecule has 0 radical (unpaired) electrons. The van der Waals surface area contributed by atoms with Gasteiger partial charge in [-0.15, -0.1) is 0 Å². The minimum absolute atomic E-state index is 0.0851. The lowest BCUT2D eigenvalue weighted by atomic mass is 10.0. The lowest BCUT2D eigenvalue weighted by molar-refractivity contribution is 0.0976. The Morgan fingerprint density at radius 2 is 2.56 bits per heavy atom. The fourth-order valence-electron chi connectivity index (χ4n) is 2.22. The molecule has 16 heavy (non-hydrogen) atoms. The van der Waals surface area contributed by atoms with Crippen LogP contribution in [0.15, 0.2) is 6.20 Å². The van der Waals surface area contributed by atoms with Crippen molar-refractivity contribution in [3.8, 4) is 0 Å². The molecule has 2 heterocycles. The van der Waals surface area contributed by atoms with Crippen LogP contribution in [0.5, 0.6) is 0 Å². The van der Waals surface area contributed by atoms with Gasteiger partial charge in [0.25, 0.3) is 0 Å². The van der Waals surface area contributed by atoms with E-state index in [9.17, 15) is 0 Å². The molecule has 0 saturated carbocycles.